The number of anilines is 1. The van der Waals surface area contributed by atoms with E-state index in [-0.39, 0.29) is 5.91 Å². The minimum atomic E-state index is -0.970. The Balaban J connectivity index is 3.16. The molecular formula is C15H18I3NO4. The first kappa shape index (κ1) is 21.2. The molecule has 0 saturated carbocycles. The first-order valence-electron chi connectivity index (χ1n) is 7.18. The molecule has 0 aliphatic rings. The predicted octanol–water partition coefficient (Wildman–Crippen LogP) is 4.87. The number of hydrogen-bond donors (Lipinski definition) is 2. The summed E-state index contributed by atoms with van der Waals surface area (Å²) in [7, 11) is 0. The van der Waals surface area contributed by atoms with E-state index in [4.69, 9.17) is 4.74 Å². The second kappa shape index (κ2) is 10.2. The summed E-state index contributed by atoms with van der Waals surface area (Å²) in [4.78, 5) is 23.1. The van der Waals surface area contributed by atoms with E-state index in [1.165, 1.54) is 0 Å². The number of amides is 1. The maximum atomic E-state index is 11.7. The quantitative estimate of drug-likeness (QED) is 0.392. The van der Waals surface area contributed by atoms with E-state index in [0.717, 1.165) is 23.6 Å². The van der Waals surface area contributed by atoms with Crippen LogP contribution in [-0.2, 0) is 9.59 Å². The van der Waals surface area contributed by atoms with Crippen LogP contribution in [-0.4, -0.2) is 23.1 Å². The van der Waals surface area contributed by atoms with Gasteiger partial charge in [-0.2, -0.15) is 0 Å². The van der Waals surface area contributed by atoms with Gasteiger partial charge in [0.05, 0.1) is 12.8 Å². The van der Waals surface area contributed by atoms with Crippen LogP contribution in [0.5, 0.6) is 5.75 Å². The lowest BCUT2D eigenvalue weighted by atomic mass is 10.1. The Kier molecular flexibility index (Phi) is 9.41. The van der Waals surface area contributed by atoms with Crippen molar-refractivity contribution in [3.8, 4) is 5.75 Å². The lowest BCUT2D eigenvalue weighted by Gasteiger charge is -2.20. The van der Waals surface area contributed by atoms with Gasteiger partial charge in [0.1, 0.15) is 5.75 Å². The fraction of sp³-hybridized carbons (Fsp3) is 0.467. The molecule has 0 bridgehead atoms. The highest BCUT2D eigenvalue weighted by molar-refractivity contribution is 14.1. The fourth-order valence-electron chi connectivity index (χ4n) is 1.79. The molecule has 0 fully saturated rings. The second-order valence-electron chi connectivity index (χ2n) is 4.85. The van der Waals surface area contributed by atoms with Crippen LogP contribution in [0.3, 0.4) is 0 Å². The van der Waals surface area contributed by atoms with E-state index < -0.39 is 12.1 Å². The average molecular weight is 657 g/mol. The van der Waals surface area contributed by atoms with Crippen LogP contribution in [0.2, 0.25) is 0 Å². The molecule has 0 heterocycles. The maximum Gasteiger partial charge on any atom is 0.344 e. The van der Waals surface area contributed by atoms with Gasteiger partial charge in [0.15, 0.2) is 6.10 Å². The number of benzene rings is 1. The SMILES string of the molecule is CCCCC(Oc1c(I)cc(I)c(NC(=O)CC)c1I)C(=O)O. The van der Waals surface area contributed by atoms with E-state index in [0.29, 0.717) is 24.3 Å². The van der Waals surface area contributed by atoms with Crippen molar-refractivity contribution in [2.45, 2.75) is 45.6 Å². The molecule has 1 unspecified atom stereocenters. The summed E-state index contributed by atoms with van der Waals surface area (Å²) in [6, 6.07) is 1.88. The molecule has 1 atom stereocenters. The summed E-state index contributed by atoms with van der Waals surface area (Å²) in [5, 5.41) is 12.2. The first-order valence-corrected chi connectivity index (χ1v) is 10.4. The van der Waals surface area contributed by atoms with Crippen LogP contribution < -0.4 is 10.1 Å². The van der Waals surface area contributed by atoms with Crippen molar-refractivity contribution in [3.63, 3.8) is 0 Å². The molecule has 0 aliphatic heterocycles. The molecule has 1 aromatic rings. The van der Waals surface area contributed by atoms with Gasteiger partial charge in [-0.3, -0.25) is 4.79 Å². The summed E-state index contributed by atoms with van der Waals surface area (Å²) in [5.41, 5.74) is 0.674. The molecule has 23 heavy (non-hydrogen) atoms. The molecule has 0 radical (unpaired) electrons. The first-order chi connectivity index (χ1) is 10.8. The zero-order valence-electron chi connectivity index (χ0n) is 12.8. The largest absolute Gasteiger partial charge is 0.479 e. The molecule has 5 nitrogen and oxygen atoms in total. The van der Waals surface area contributed by atoms with Crippen molar-refractivity contribution >= 4 is 85.3 Å². The average Bonchev–Trinajstić information content (AvgIpc) is 2.49. The second-order valence-corrected chi connectivity index (χ2v) is 8.25. The standard InChI is InChI=1S/C15H18I3NO4/c1-3-5-6-10(15(21)22)23-14-9(17)7-8(16)13(12(14)18)19-11(20)4-2/h7,10H,3-6H2,1-2H3,(H,19,20)(H,21,22). The Hall–Kier alpha value is 0.150. The molecule has 0 saturated heterocycles. The third-order valence-electron chi connectivity index (χ3n) is 3.07. The zero-order valence-corrected chi connectivity index (χ0v) is 19.3. The minimum Gasteiger partial charge on any atom is -0.479 e. The topological polar surface area (TPSA) is 75.6 Å². The fourth-order valence-corrected chi connectivity index (χ4v) is 5.68. The smallest absolute Gasteiger partial charge is 0.344 e. The van der Waals surface area contributed by atoms with Crippen LogP contribution in [0.25, 0.3) is 0 Å². The lowest BCUT2D eigenvalue weighted by Crippen LogP contribution is -2.28. The number of halogens is 3. The van der Waals surface area contributed by atoms with Crippen molar-refractivity contribution in [1.82, 2.24) is 0 Å². The summed E-state index contributed by atoms with van der Waals surface area (Å²) in [5.74, 6) is -0.543. The van der Waals surface area contributed by atoms with Crippen molar-refractivity contribution in [2.75, 3.05) is 5.32 Å². The number of carbonyl (C=O) groups is 2. The molecule has 1 aromatic carbocycles. The van der Waals surface area contributed by atoms with E-state index in [1.54, 1.807) is 6.92 Å². The Labute approximate surface area is 176 Å². The molecule has 1 rings (SSSR count). The highest BCUT2D eigenvalue weighted by Crippen LogP contribution is 2.37. The van der Waals surface area contributed by atoms with E-state index in [9.17, 15) is 14.7 Å². The molecule has 2 N–H and O–H groups in total. The van der Waals surface area contributed by atoms with Crippen molar-refractivity contribution in [2.24, 2.45) is 0 Å². The summed E-state index contributed by atoms with van der Waals surface area (Å²) < 4.78 is 8.23. The molecule has 128 valence electrons. The van der Waals surface area contributed by atoms with Gasteiger partial charge in [0.2, 0.25) is 5.91 Å². The van der Waals surface area contributed by atoms with Crippen LogP contribution >= 0.6 is 67.8 Å². The number of carboxylic acids is 1. The molecule has 0 aliphatic carbocycles. The number of ether oxygens (including phenoxy) is 1. The van der Waals surface area contributed by atoms with Gasteiger partial charge in [-0.1, -0.05) is 20.3 Å². The summed E-state index contributed by atoms with van der Waals surface area (Å²) in [6.07, 6.45) is 1.65. The number of carbonyl (C=O) groups excluding carboxylic acids is 1. The van der Waals surface area contributed by atoms with Gasteiger partial charge < -0.3 is 15.2 Å². The van der Waals surface area contributed by atoms with Crippen molar-refractivity contribution in [1.29, 1.82) is 0 Å². The van der Waals surface area contributed by atoms with Crippen LogP contribution in [0.15, 0.2) is 6.07 Å². The summed E-state index contributed by atoms with van der Waals surface area (Å²) >= 11 is 6.37. The van der Waals surface area contributed by atoms with Gasteiger partial charge in [0, 0.05) is 9.99 Å². The van der Waals surface area contributed by atoms with Gasteiger partial charge in [0.25, 0.3) is 0 Å². The Morgan fingerprint density at radius 3 is 2.43 bits per heavy atom. The molecule has 0 spiro atoms. The molecule has 0 aromatic heterocycles. The van der Waals surface area contributed by atoms with Crippen molar-refractivity contribution in [3.05, 3.63) is 16.8 Å². The maximum absolute atomic E-state index is 11.7. The zero-order chi connectivity index (χ0) is 17.6. The molecule has 8 heteroatoms. The van der Waals surface area contributed by atoms with Gasteiger partial charge in [-0.15, -0.1) is 0 Å². The third-order valence-corrected chi connectivity index (χ3v) is 5.75. The third kappa shape index (κ3) is 6.18. The van der Waals surface area contributed by atoms with E-state index in [2.05, 4.69) is 73.1 Å². The van der Waals surface area contributed by atoms with Gasteiger partial charge in [-0.05, 0) is 86.7 Å². The van der Waals surface area contributed by atoms with Gasteiger partial charge in [-0.25, -0.2) is 4.79 Å². The number of hydrogen-bond acceptors (Lipinski definition) is 3. The van der Waals surface area contributed by atoms with Crippen LogP contribution in [0, 0.1) is 10.7 Å². The molecular weight excluding hydrogens is 639 g/mol. The number of carboxylic acid groups (broad SMARTS) is 1. The van der Waals surface area contributed by atoms with E-state index >= 15 is 0 Å². The Bertz CT molecular complexity index is 593. The summed E-state index contributed by atoms with van der Waals surface area (Å²) in [6.45, 7) is 3.79. The highest BCUT2D eigenvalue weighted by atomic mass is 127. The number of rotatable bonds is 8. The van der Waals surface area contributed by atoms with E-state index in [1.807, 2.05) is 13.0 Å². The van der Waals surface area contributed by atoms with Gasteiger partial charge >= 0.3 is 5.97 Å². The lowest BCUT2D eigenvalue weighted by molar-refractivity contribution is -0.145. The number of aliphatic carboxylic acids is 1. The monoisotopic (exact) mass is 657 g/mol. The van der Waals surface area contributed by atoms with Crippen molar-refractivity contribution < 1.29 is 19.4 Å². The van der Waals surface area contributed by atoms with Crippen LogP contribution in [0.1, 0.15) is 39.5 Å². The Morgan fingerprint density at radius 1 is 1.26 bits per heavy atom. The van der Waals surface area contributed by atoms with Crippen LogP contribution in [0.4, 0.5) is 5.69 Å². The Morgan fingerprint density at radius 2 is 1.91 bits per heavy atom. The molecule has 1 amide bonds. The number of unbranched alkanes of at least 4 members (excludes halogenated alkanes) is 1. The predicted molar refractivity (Wildman–Crippen MR) is 115 cm³/mol. The number of nitrogens with one attached hydrogen (secondary N) is 1. The minimum absolute atomic E-state index is 0.0891. The normalized spacial score (nSPS) is 11.9. The highest BCUT2D eigenvalue weighted by Gasteiger charge is 2.24.